The summed E-state index contributed by atoms with van der Waals surface area (Å²) in [5.41, 5.74) is 1.24. The van der Waals surface area contributed by atoms with E-state index in [4.69, 9.17) is 0 Å². The van der Waals surface area contributed by atoms with Crippen LogP contribution in [0.25, 0.3) is 6.08 Å². The van der Waals surface area contributed by atoms with Gasteiger partial charge in [0.1, 0.15) is 0 Å². The maximum absolute atomic E-state index is 2.25. The standard InChI is InChI=1S/C18H24/c1-2-3-4-5-6-7-8-9-10-12-15-18-16-13-11-14-17-18/h7-17H,2-6H2,1H3/b8-7+,10-9+,15-12+. The Bertz CT molecular complexity index is 368. The smallest absolute Gasteiger partial charge is 0.0257 e. The monoisotopic (exact) mass is 240 g/mol. The average molecular weight is 240 g/mol. The Kier molecular flexibility index (Phi) is 8.53. The van der Waals surface area contributed by atoms with Crippen LogP contribution in [0.2, 0.25) is 0 Å². The minimum absolute atomic E-state index is 1.20. The molecule has 0 N–H and O–H groups in total. The molecule has 0 nitrogen and oxygen atoms in total. The molecular formula is C18H24. The molecule has 0 aliphatic carbocycles. The number of allylic oxidation sites excluding steroid dienone is 5. The van der Waals surface area contributed by atoms with Crippen molar-refractivity contribution in [2.45, 2.75) is 39.0 Å². The van der Waals surface area contributed by atoms with Crippen LogP contribution in [-0.2, 0) is 0 Å². The van der Waals surface area contributed by atoms with Crippen molar-refractivity contribution in [3.63, 3.8) is 0 Å². The fourth-order valence-corrected chi connectivity index (χ4v) is 1.72. The molecule has 0 heterocycles. The third kappa shape index (κ3) is 7.67. The summed E-state index contributed by atoms with van der Waals surface area (Å²) in [6, 6.07) is 10.4. The maximum Gasteiger partial charge on any atom is -0.0257 e. The van der Waals surface area contributed by atoms with Crippen LogP contribution in [0.4, 0.5) is 0 Å². The van der Waals surface area contributed by atoms with E-state index in [0.29, 0.717) is 0 Å². The Balaban J connectivity index is 2.13. The average Bonchev–Trinajstić information content (AvgIpc) is 2.42. The van der Waals surface area contributed by atoms with Gasteiger partial charge in [-0.15, -0.1) is 0 Å². The first-order chi connectivity index (χ1) is 8.93. The summed E-state index contributed by atoms with van der Waals surface area (Å²) in [5, 5.41) is 0. The summed E-state index contributed by atoms with van der Waals surface area (Å²) in [6.45, 7) is 2.25. The predicted molar refractivity (Wildman–Crippen MR) is 82.5 cm³/mol. The molecule has 0 fully saturated rings. The van der Waals surface area contributed by atoms with E-state index < -0.39 is 0 Å². The molecule has 1 aromatic carbocycles. The number of unbranched alkanes of at least 4 members (excludes halogenated alkanes) is 4. The zero-order chi connectivity index (χ0) is 12.9. The van der Waals surface area contributed by atoms with Crippen molar-refractivity contribution in [1.29, 1.82) is 0 Å². The van der Waals surface area contributed by atoms with Gasteiger partial charge in [0.05, 0.1) is 0 Å². The van der Waals surface area contributed by atoms with Gasteiger partial charge < -0.3 is 0 Å². The van der Waals surface area contributed by atoms with Gasteiger partial charge in [0, 0.05) is 0 Å². The van der Waals surface area contributed by atoms with Gasteiger partial charge in [-0.1, -0.05) is 93.0 Å². The number of benzene rings is 1. The third-order valence-corrected chi connectivity index (χ3v) is 2.78. The lowest BCUT2D eigenvalue weighted by molar-refractivity contribution is 0.674. The molecule has 1 aromatic rings. The maximum atomic E-state index is 2.25. The molecule has 0 aliphatic heterocycles. The van der Waals surface area contributed by atoms with Gasteiger partial charge >= 0.3 is 0 Å². The molecule has 0 atom stereocenters. The first-order valence-electron chi connectivity index (χ1n) is 6.98. The van der Waals surface area contributed by atoms with E-state index in [0.717, 1.165) is 0 Å². The highest BCUT2D eigenvalue weighted by atomic mass is 13.9. The zero-order valence-corrected chi connectivity index (χ0v) is 11.4. The molecular weight excluding hydrogens is 216 g/mol. The van der Waals surface area contributed by atoms with Crippen LogP contribution in [-0.4, -0.2) is 0 Å². The highest BCUT2D eigenvalue weighted by Crippen LogP contribution is 2.03. The fraction of sp³-hybridized carbons (Fsp3) is 0.333. The minimum Gasteiger partial charge on any atom is -0.0845 e. The quantitative estimate of drug-likeness (QED) is 0.399. The molecule has 0 aliphatic rings. The predicted octanol–water partition coefficient (Wildman–Crippen LogP) is 5.78. The fourth-order valence-electron chi connectivity index (χ4n) is 1.72. The van der Waals surface area contributed by atoms with E-state index in [9.17, 15) is 0 Å². The van der Waals surface area contributed by atoms with Gasteiger partial charge in [-0.2, -0.15) is 0 Å². The summed E-state index contributed by atoms with van der Waals surface area (Å²) < 4.78 is 0. The van der Waals surface area contributed by atoms with Crippen molar-refractivity contribution in [2.24, 2.45) is 0 Å². The molecule has 96 valence electrons. The Morgan fingerprint density at radius 1 is 0.833 bits per heavy atom. The van der Waals surface area contributed by atoms with Gasteiger partial charge in [-0.25, -0.2) is 0 Å². The summed E-state index contributed by atoms with van der Waals surface area (Å²) in [6.07, 6.45) is 19.3. The van der Waals surface area contributed by atoms with Crippen LogP contribution in [0.1, 0.15) is 44.6 Å². The lowest BCUT2D eigenvalue weighted by atomic mass is 10.1. The first-order valence-corrected chi connectivity index (χ1v) is 6.98. The Morgan fingerprint density at radius 2 is 1.61 bits per heavy atom. The zero-order valence-electron chi connectivity index (χ0n) is 11.4. The van der Waals surface area contributed by atoms with Gasteiger partial charge in [-0.05, 0) is 18.4 Å². The Morgan fingerprint density at radius 3 is 2.39 bits per heavy atom. The summed E-state index contributed by atoms with van der Waals surface area (Å²) >= 11 is 0. The normalized spacial score (nSPS) is 12.1. The molecule has 0 saturated carbocycles. The van der Waals surface area contributed by atoms with Gasteiger partial charge in [0.2, 0.25) is 0 Å². The molecule has 18 heavy (non-hydrogen) atoms. The first kappa shape index (κ1) is 14.5. The number of hydrogen-bond acceptors (Lipinski definition) is 0. The van der Waals surface area contributed by atoms with E-state index in [2.05, 4.69) is 67.6 Å². The van der Waals surface area contributed by atoms with Crippen molar-refractivity contribution in [1.82, 2.24) is 0 Å². The molecule has 0 radical (unpaired) electrons. The highest BCUT2D eigenvalue weighted by Gasteiger charge is 1.83. The second-order valence-electron chi connectivity index (χ2n) is 4.43. The Hall–Kier alpha value is -1.56. The minimum atomic E-state index is 1.20. The SMILES string of the molecule is CCCCCC/C=C/C=C/C=C/c1ccccc1. The largest absolute Gasteiger partial charge is 0.0845 e. The topological polar surface area (TPSA) is 0 Å². The molecule has 0 amide bonds. The van der Waals surface area contributed by atoms with Crippen molar-refractivity contribution in [2.75, 3.05) is 0 Å². The molecule has 0 spiro atoms. The third-order valence-electron chi connectivity index (χ3n) is 2.78. The number of hydrogen-bond donors (Lipinski definition) is 0. The second kappa shape index (κ2) is 10.6. The summed E-state index contributed by atoms with van der Waals surface area (Å²) in [5.74, 6) is 0. The van der Waals surface area contributed by atoms with Crippen LogP contribution in [0.15, 0.2) is 60.7 Å². The van der Waals surface area contributed by atoms with E-state index >= 15 is 0 Å². The lowest BCUT2D eigenvalue weighted by Gasteiger charge is -1.92. The lowest BCUT2D eigenvalue weighted by Crippen LogP contribution is -1.72. The van der Waals surface area contributed by atoms with Gasteiger partial charge in [0.25, 0.3) is 0 Å². The molecule has 0 aromatic heterocycles. The Labute approximate surface area is 112 Å². The van der Waals surface area contributed by atoms with Crippen LogP contribution < -0.4 is 0 Å². The van der Waals surface area contributed by atoms with E-state index in [1.165, 1.54) is 37.7 Å². The molecule has 0 unspecified atom stereocenters. The number of rotatable bonds is 8. The van der Waals surface area contributed by atoms with Crippen molar-refractivity contribution >= 4 is 6.08 Å². The summed E-state index contributed by atoms with van der Waals surface area (Å²) in [4.78, 5) is 0. The second-order valence-corrected chi connectivity index (χ2v) is 4.43. The van der Waals surface area contributed by atoms with Crippen LogP contribution in [0.5, 0.6) is 0 Å². The van der Waals surface area contributed by atoms with Gasteiger partial charge in [-0.3, -0.25) is 0 Å². The molecule has 0 bridgehead atoms. The van der Waals surface area contributed by atoms with Crippen molar-refractivity contribution in [3.05, 3.63) is 66.3 Å². The van der Waals surface area contributed by atoms with Crippen LogP contribution in [0.3, 0.4) is 0 Å². The molecule has 0 heteroatoms. The molecule has 1 rings (SSSR count). The van der Waals surface area contributed by atoms with E-state index in [1.54, 1.807) is 0 Å². The van der Waals surface area contributed by atoms with Crippen LogP contribution >= 0.6 is 0 Å². The van der Waals surface area contributed by atoms with E-state index in [1.807, 2.05) is 6.07 Å². The van der Waals surface area contributed by atoms with Crippen molar-refractivity contribution in [3.8, 4) is 0 Å². The van der Waals surface area contributed by atoms with E-state index in [-0.39, 0.29) is 0 Å². The summed E-state index contributed by atoms with van der Waals surface area (Å²) in [7, 11) is 0. The molecule has 0 saturated heterocycles. The van der Waals surface area contributed by atoms with Gasteiger partial charge in [0.15, 0.2) is 0 Å². The highest BCUT2D eigenvalue weighted by molar-refractivity contribution is 5.50. The van der Waals surface area contributed by atoms with Crippen LogP contribution in [0, 0.1) is 0 Å². The van der Waals surface area contributed by atoms with Crippen molar-refractivity contribution < 1.29 is 0 Å².